The van der Waals surface area contributed by atoms with Crippen LogP contribution >= 0.6 is 0 Å². The van der Waals surface area contributed by atoms with Gasteiger partial charge in [-0.1, -0.05) is 31.5 Å². The normalized spacial score (nSPS) is 18.5. The Kier molecular flexibility index (Phi) is 5.78. The van der Waals surface area contributed by atoms with Crippen LogP contribution in [0.15, 0.2) is 54.1 Å². The van der Waals surface area contributed by atoms with Crippen molar-refractivity contribution in [2.24, 2.45) is 0 Å². The zero-order valence-corrected chi connectivity index (χ0v) is 15.8. The number of methoxy groups -OCH3 is 1. The predicted molar refractivity (Wildman–Crippen MR) is 103 cm³/mol. The number of ether oxygens (including phenoxy) is 1. The second kappa shape index (κ2) is 8.25. The maximum absolute atomic E-state index is 14.6. The fraction of sp³-hybridized carbons (Fsp3) is 0.273. The molecule has 1 saturated heterocycles. The number of aliphatic hydroxyl groups excluding tert-OH is 1. The lowest BCUT2D eigenvalue weighted by atomic mass is 9.95. The van der Waals surface area contributed by atoms with E-state index in [0.717, 1.165) is 6.42 Å². The van der Waals surface area contributed by atoms with Crippen LogP contribution < -0.4 is 4.74 Å². The molecule has 0 aliphatic carbocycles. The zero-order chi connectivity index (χ0) is 20.3. The Bertz CT molecular complexity index is 920. The number of aliphatic hydroxyl groups is 1. The van der Waals surface area contributed by atoms with Crippen molar-refractivity contribution in [2.45, 2.75) is 25.8 Å². The molecule has 28 heavy (non-hydrogen) atoms. The molecule has 0 bridgehead atoms. The quantitative estimate of drug-likeness (QED) is 0.464. The van der Waals surface area contributed by atoms with Crippen LogP contribution in [0.1, 0.15) is 36.9 Å². The molecule has 1 fully saturated rings. The summed E-state index contributed by atoms with van der Waals surface area (Å²) in [6, 6.07) is 11.5. The minimum absolute atomic E-state index is 0.101. The first-order chi connectivity index (χ1) is 13.5. The molecule has 3 rings (SSSR count). The number of hydrogen-bond acceptors (Lipinski definition) is 4. The third-order valence-electron chi connectivity index (χ3n) is 4.86. The summed E-state index contributed by atoms with van der Waals surface area (Å²) >= 11 is 0. The Hall–Kier alpha value is -3.15. The molecule has 1 N–H and O–H groups in total. The molecule has 0 radical (unpaired) electrons. The summed E-state index contributed by atoms with van der Waals surface area (Å²) in [5.41, 5.74) is 0.444. The lowest BCUT2D eigenvalue weighted by Gasteiger charge is -2.25. The number of carbonyl (C=O) groups excluding carboxylic acids is 2. The van der Waals surface area contributed by atoms with Crippen LogP contribution in [0.5, 0.6) is 5.75 Å². The first-order valence-corrected chi connectivity index (χ1v) is 9.16. The summed E-state index contributed by atoms with van der Waals surface area (Å²) in [6.07, 6.45) is 1.48. The highest BCUT2D eigenvalue weighted by Crippen LogP contribution is 2.40. The molecule has 1 unspecified atom stereocenters. The number of likely N-dealkylation sites (tertiary alicyclic amines) is 1. The minimum Gasteiger partial charge on any atom is -0.507 e. The van der Waals surface area contributed by atoms with E-state index in [2.05, 4.69) is 0 Å². The molecule has 0 aromatic heterocycles. The summed E-state index contributed by atoms with van der Waals surface area (Å²) < 4.78 is 19.7. The molecule has 6 heteroatoms. The number of halogens is 1. The van der Waals surface area contributed by atoms with E-state index in [-0.39, 0.29) is 16.9 Å². The molecule has 1 amide bonds. The molecular formula is C22H22FNO4. The second-order valence-electron chi connectivity index (χ2n) is 6.60. The standard InChI is InChI=1S/C22H22FNO4/c1-3-4-13-24-19(16-7-5-6-8-17(16)23)18(21(26)22(24)27)20(25)14-9-11-15(28-2)12-10-14/h5-12,19,25H,3-4,13H2,1-2H3/b20-18+. The number of amides is 1. The van der Waals surface area contributed by atoms with Crippen molar-refractivity contribution >= 4 is 17.4 Å². The van der Waals surface area contributed by atoms with E-state index >= 15 is 0 Å². The van der Waals surface area contributed by atoms with Crippen LogP contribution in [0.25, 0.3) is 5.76 Å². The van der Waals surface area contributed by atoms with Crippen molar-refractivity contribution in [1.29, 1.82) is 0 Å². The van der Waals surface area contributed by atoms with Crippen molar-refractivity contribution in [3.05, 3.63) is 71.0 Å². The van der Waals surface area contributed by atoms with Gasteiger partial charge in [0, 0.05) is 17.7 Å². The van der Waals surface area contributed by atoms with E-state index in [1.165, 1.54) is 24.1 Å². The number of benzene rings is 2. The number of ketones is 1. The summed E-state index contributed by atoms with van der Waals surface area (Å²) in [4.78, 5) is 26.7. The van der Waals surface area contributed by atoms with Crippen LogP contribution in [0.4, 0.5) is 4.39 Å². The van der Waals surface area contributed by atoms with Gasteiger partial charge in [0.25, 0.3) is 11.7 Å². The highest BCUT2D eigenvalue weighted by atomic mass is 19.1. The van der Waals surface area contributed by atoms with Gasteiger partial charge >= 0.3 is 0 Å². The van der Waals surface area contributed by atoms with Gasteiger partial charge in [-0.15, -0.1) is 0 Å². The van der Waals surface area contributed by atoms with E-state index in [4.69, 9.17) is 4.74 Å². The number of hydrogen-bond donors (Lipinski definition) is 1. The Morgan fingerprint density at radius 1 is 1.14 bits per heavy atom. The summed E-state index contributed by atoms with van der Waals surface area (Å²) in [7, 11) is 1.52. The van der Waals surface area contributed by atoms with Gasteiger partial charge in [-0.05, 0) is 36.8 Å². The van der Waals surface area contributed by atoms with E-state index in [1.807, 2.05) is 6.92 Å². The van der Waals surface area contributed by atoms with Gasteiger partial charge in [0.1, 0.15) is 17.3 Å². The minimum atomic E-state index is -0.963. The summed E-state index contributed by atoms with van der Waals surface area (Å²) in [5.74, 6) is -1.80. The topological polar surface area (TPSA) is 66.8 Å². The second-order valence-corrected chi connectivity index (χ2v) is 6.60. The van der Waals surface area contributed by atoms with E-state index in [9.17, 15) is 19.1 Å². The van der Waals surface area contributed by atoms with E-state index < -0.39 is 23.5 Å². The van der Waals surface area contributed by atoms with Crippen molar-refractivity contribution in [3.8, 4) is 5.75 Å². The molecular weight excluding hydrogens is 361 g/mol. The Morgan fingerprint density at radius 2 is 1.82 bits per heavy atom. The molecule has 0 spiro atoms. The smallest absolute Gasteiger partial charge is 0.295 e. The average Bonchev–Trinajstić information content (AvgIpc) is 2.96. The van der Waals surface area contributed by atoms with Crippen LogP contribution in [-0.2, 0) is 9.59 Å². The van der Waals surface area contributed by atoms with Crippen molar-refractivity contribution in [1.82, 2.24) is 4.90 Å². The first kappa shape index (κ1) is 19.6. The van der Waals surface area contributed by atoms with Crippen molar-refractivity contribution < 1.29 is 23.8 Å². The average molecular weight is 383 g/mol. The number of carbonyl (C=O) groups is 2. The maximum Gasteiger partial charge on any atom is 0.295 e. The summed E-state index contributed by atoms with van der Waals surface area (Å²) in [6.45, 7) is 2.27. The van der Waals surface area contributed by atoms with Crippen LogP contribution in [0, 0.1) is 5.82 Å². The fourth-order valence-corrected chi connectivity index (χ4v) is 3.36. The lowest BCUT2D eigenvalue weighted by molar-refractivity contribution is -0.139. The van der Waals surface area contributed by atoms with Gasteiger partial charge in [0.2, 0.25) is 0 Å². The van der Waals surface area contributed by atoms with Gasteiger partial charge in [-0.25, -0.2) is 4.39 Å². The molecule has 1 aliphatic rings. The monoisotopic (exact) mass is 383 g/mol. The Morgan fingerprint density at radius 3 is 2.43 bits per heavy atom. The van der Waals surface area contributed by atoms with Gasteiger partial charge in [0.15, 0.2) is 0 Å². The molecule has 1 atom stereocenters. The third kappa shape index (κ3) is 3.50. The molecule has 146 valence electrons. The molecule has 5 nitrogen and oxygen atoms in total. The molecule has 1 heterocycles. The lowest BCUT2D eigenvalue weighted by Crippen LogP contribution is -2.31. The van der Waals surface area contributed by atoms with Crippen LogP contribution in [0.2, 0.25) is 0 Å². The maximum atomic E-state index is 14.6. The van der Waals surface area contributed by atoms with Crippen molar-refractivity contribution in [2.75, 3.05) is 13.7 Å². The fourth-order valence-electron chi connectivity index (χ4n) is 3.36. The molecule has 2 aromatic rings. The number of Topliss-reactive ketones (excluding diaryl/α,β-unsaturated/α-hetero) is 1. The molecule has 1 aliphatic heterocycles. The summed E-state index contributed by atoms with van der Waals surface area (Å²) in [5, 5.41) is 10.9. The zero-order valence-electron chi connectivity index (χ0n) is 15.8. The van der Waals surface area contributed by atoms with Gasteiger partial charge in [-0.2, -0.15) is 0 Å². The Labute approximate surface area is 163 Å². The molecule has 2 aromatic carbocycles. The van der Waals surface area contributed by atoms with Gasteiger partial charge in [0.05, 0.1) is 18.7 Å². The first-order valence-electron chi connectivity index (χ1n) is 9.16. The van der Waals surface area contributed by atoms with Gasteiger partial charge in [-0.3, -0.25) is 9.59 Å². The third-order valence-corrected chi connectivity index (χ3v) is 4.86. The van der Waals surface area contributed by atoms with Crippen LogP contribution in [-0.4, -0.2) is 35.4 Å². The highest BCUT2D eigenvalue weighted by Gasteiger charge is 2.46. The predicted octanol–water partition coefficient (Wildman–Crippen LogP) is 4.06. The molecule has 0 saturated carbocycles. The number of rotatable bonds is 6. The number of unbranched alkanes of at least 4 members (excludes halogenated alkanes) is 1. The van der Waals surface area contributed by atoms with Gasteiger partial charge < -0.3 is 14.7 Å². The van der Waals surface area contributed by atoms with Crippen LogP contribution in [0.3, 0.4) is 0 Å². The highest BCUT2D eigenvalue weighted by molar-refractivity contribution is 6.46. The van der Waals surface area contributed by atoms with Crippen molar-refractivity contribution in [3.63, 3.8) is 0 Å². The Balaban J connectivity index is 2.16. The van der Waals surface area contributed by atoms with E-state index in [0.29, 0.717) is 24.3 Å². The SMILES string of the molecule is CCCCN1C(=O)C(=O)/C(=C(/O)c2ccc(OC)cc2)C1c1ccccc1F. The number of nitrogens with zero attached hydrogens (tertiary/aromatic N) is 1. The van der Waals surface area contributed by atoms with E-state index in [1.54, 1.807) is 36.4 Å². The largest absolute Gasteiger partial charge is 0.507 e.